The molecule has 4 nitrogen and oxygen atoms in total. The van der Waals surface area contributed by atoms with E-state index in [4.69, 9.17) is 4.74 Å². The lowest BCUT2D eigenvalue weighted by Crippen LogP contribution is -1.95. The minimum absolute atomic E-state index is 0.689. The fraction of sp³-hybridized carbons (Fsp3) is 0.176. The van der Waals surface area contributed by atoms with Gasteiger partial charge in [-0.05, 0) is 36.8 Å². The maximum atomic E-state index is 5.45. The third-order valence-electron chi connectivity index (χ3n) is 3.15. The zero-order chi connectivity index (χ0) is 15.2. The second kappa shape index (κ2) is 7.13. The average molecular weight is 311 g/mol. The Balaban J connectivity index is 1.68. The highest BCUT2D eigenvalue weighted by atomic mass is 32.2. The van der Waals surface area contributed by atoms with Crippen molar-refractivity contribution in [3.63, 3.8) is 0 Å². The standard InChI is InChI=1S/C17H17N3OS/c1-2-21-16-10-8-14(9-11-16)12-22-17-19-18-13-20(17)15-6-4-3-5-7-15/h3-11,13H,2,12H2,1H3. The van der Waals surface area contributed by atoms with Crippen LogP contribution in [0.1, 0.15) is 12.5 Å². The number of aromatic nitrogens is 3. The molecular formula is C17H17N3OS. The van der Waals surface area contributed by atoms with Gasteiger partial charge in [-0.25, -0.2) is 0 Å². The summed E-state index contributed by atoms with van der Waals surface area (Å²) in [6, 6.07) is 18.3. The molecule has 0 fully saturated rings. The highest BCUT2D eigenvalue weighted by Gasteiger charge is 2.07. The Bertz CT molecular complexity index is 710. The number of hydrogen-bond acceptors (Lipinski definition) is 4. The van der Waals surface area contributed by atoms with Crippen LogP contribution in [-0.4, -0.2) is 21.4 Å². The van der Waals surface area contributed by atoms with E-state index in [2.05, 4.69) is 22.3 Å². The molecule has 5 heteroatoms. The summed E-state index contributed by atoms with van der Waals surface area (Å²) in [4.78, 5) is 0. The molecule has 0 unspecified atom stereocenters. The topological polar surface area (TPSA) is 39.9 Å². The highest BCUT2D eigenvalue weighted by molar-refractivity contribution is 7.98. The van der Waals surface area contributed by atoms with E-state index in [1.54, 1.807) is 18.1 Å². The zero-order valence-electron chi connectivity index (χ0n) is 12.3. The lowest BCUT2D eigenvalue weighted by Gasteiger charge is -2.07. The minimum Gasteiger partial charge on any atom is -0.494 e. The molecule has 0 aliphatic carbocycles. The Hall–Kier alpha value is -2.27. The van der Waals surface area contributed by atoms with E-state index < -0.39 is 0 Å². The molecule has 2 aromatic carbocycles. The van der Waals surface area contributed by atoms with Gasteiger partial charge in [0, 0.05) is 11.4 Å². The first-order valence-corrected chi connectivity index (χ1v) is 8.15. The second-order valence-electron chi connectivity index (χ2n) is 4.68. The lowest BCUT2D eigenvalue weighted by atomic mass is 10.2. The van der Waals surface area contributed by atoms with E-state index in [9.17, 15) is 0 Å². The summed E-state index contributed by atoms with van der Waals surface area (Å²) in [5.74, 6) is 1.75. The van der Waals surface area contributed by atoms with Crippen LogP contribution in [0.25, 0.3) is 5.69 Å². The summed E-state index contributed by atoms with van der Waals surface area (Å²) >= 11 is 1.67. The summed E-state index contributed by atoms with van der Waals surface area (Å²) < 4.78 is 7.45. The molecule has 3 aromatic rings. The Morgan fingerprint density at radius 3 is 2.55 bits per heavy atom. The van der Waals surface area contributed by atoms with Gasteiger partial charge in [-0.1, -0.05) is 42.1 Å². The van der Waals surface area contributed by atoms with E-state index >= 15 is 0 Å². The molecule has 0 aliphatic rings. The van der Waals surface area contributed by atoms with Crippen molar-refractivity contribution in [3.8, 4) is 11.4 Å². The van der Waals surface area contributed by atoms with Gasteiger partial charge in [0.05, 0.1) is 6.61 Å². The van der Waals surface area contributed by atoms with Crippen molar-refractivity contribution < 1.29 is 4.74 Å². The monoisotopic (exact) mass is 311 g/mol. The number of hydrogen-bond donors (Lipinski definition) is 0. The summed E-state index contributed by atoms with van der Waals surface area (Å²) in [5.41, 5.74) is 2.30. The first-order chi connectivity index (χ1) is 10.9. The molecule has 22 heavy (non-hydrogen) atoms. The number of nitrogens with zero attached hydrogens (tertiary/aromatic N) is 3. The van der Waals surface area contributed by atoms with E-state index in [0.29, 0.717) is 6.61 Å². The van der Waals surface area contributed by atoms with Crippen molar-refractivity contribution in [2.24, 2.45) is 0 Å². The van der Waals surface area contributed by atoms with Gasteiger partial charge in [0.15, 0.2) is 5.16 Å². The smallest absolute Gasteiger partial charge is 0.195 e. The van der Waals surface area contributed by atoms with Gasteiger partial charge in [-0.2, -0.15) is 0 Å². The third kappa shape index (κ3) is 3.49. The summed E-state index contributed by atoms with van der Waals surface area (Å²) in [6.07, 6.45) is 1.75. The molecule has 0 amide bonds. The van der Waals surface area contributed by atoms with Crippen LogP contribution in [0.2, 0.25) is 0 Å². The van der Waals surface area contributed by atoms with Crippen molar-refractivity contribution in [1.82, 2.24) is 14.8 Å². The maximum absolute atomic E-state index is 5.45. The predicted octanol–water partition coefficient (Wildman–Crippen LogP) is 3.96. The van der Waals surface area contributed by atoms with Crippen LogP contribution < -0.4 is 4.74 Å². The zero-order valence-corrected chi connectivity index (χ0v) is 13.2. The van der Waals surface area contributed by atoms with Crippen molar-refractivity contribution in [2.75, 3.05) is 6.61 Å². The molecule has 0 saturated carbocycles. The summed E-state index contributed by atoms with van der Waals surface area (Å²) in [5, 5.41) is 9.12. The Morgan fingerprint density at radius 2 is 1.82 bits per heavy atom. The van der Waals surface area contributed by atoms with Crippen LogP contribution in [0.15, 0.2) is 66.1 Å². The normalized spacial score (nSPS) is 10.6. The molecule has 3 rings (SSSR count). The van der Waals surface area contributed by atoms with Crippen LogP contribution in [0, 0.1) is 0 Å². The van der Waals surface area contributed by atoms with Crippen LogP contribution in [-0.2, 0) is 5.75 Å². The molecule has 0 spiro atoms. The summed E-state index contributed by atoms with van der Waals surface area (Å²) in [6.45, 7) is 2.68. The molecule has 1 aromatic heterocycles. The van der Waals surface area contributed by atoms with E-state index in [-0.39, 0.29) is 0 Å². The summed E-state index contributed by atoms with van der Waals surface area (Å²) in [7, 11) is 0. The van der Waals surface area contributed by atoms with Gasteiger partial charge in [0.25, 0.3) is 0 Å². The van der Waals surface area contributed by atoms with E-state index in [1.807, 2.05) is 54.0 Å². The number of rotatable bonds is 6. The second-order valence-corrected chi connectivity index (χ2v) is 5.63. The van der Waals surface area contributed by atoms with Crippen LogP contribution in [0.5, 0.6) is 5.75 Å². The van der Waals surface area contributed by atoms with Crippen LogP contribution >= 0.6 is 11.8 Å². The van der Waals surface area contributed by atoms with Gasteiger partial charge >= 0.3 is 0 Å². The average Bonchev–Trinajstić information content (AvgIpc) is 3.04. The highest BCUT2D eigenvalue weighted by Crippen LogP contribution is 2.24. The number of ether oxygens (including phenoxy) is 1. The molecule has 0 aliphatic heterocycles. The first-order valence-electron chi connectivity index (χ1n) is 7.17. The van der Waals surface area contributed by atoms with Crippen molar-refractivity contribution in [3.05, 3.63) is 66.5 Å². The largest absolute Gasteiger partial charge is 0.494 e. The van der Waals surface area contributed by atoms with Gasteiger partial charge in [-0.3, -0.25) is 4.57 Å². The van der Waals surface area contributed by atoms with Gasteiger partial charge in [-0.15, -0.1) is 10.2 Å². The van der Waals surface area contributed by atoms with Gasteiger partial charge < -0.3 is 4.74 Å². The van der Waals surface area contributed by atoms with Crippen LogP contribution in [0.4, 0.5) is 0 Å². The molecule has 1 heterocycles. The maximum Gasteiger partial charge on any atom is 0.195 e. The molecule has 0 atom stereocenters. The minimum atomic E-state index is 0.689. The quantitative estimate of drug-likeness (QED) is 0.646. The lowest BCUT2D eigenvalue weighted by molar-refractivity contribution is 0.340. The molecule has 0 saturated heterocycles. The fourth-order valence-electron chi connectivity index (χ4n) is 2.08. The van der Waals surface area contributed by atoms with Crippen molar-refractivity contribution in [1.29, 1.82) is 0 Å². The fourth-order valence-corrected chi connectivity index (χ4v) is 2.97. The Labute approximate surface area is 134 Å². The van der Waals surface area contributed by atoms with Crippen molar-refractivity contribution >= 4 is 11.8 Å². The Morgan fingerprint density at radius 1 is 1.05 bits per heavy atom. The first kappa shape index (κ1) is 14.7. The number of para-hydroxylation sites is 1. The van der Waals surface area contributed by atoms with Gasteiger partial charge in [0.1, 0.15) is 12.1 Å². The number of thioether (sulfide) groups is 1. The molecule has 0 N–H and O–H groups in total. The molecule has 0 radical (unpaired) electrons. The number of benzene rings is 2. The predicted molar refractivity (Wildman–Crippen MR) is 88.5 cm³/mol. The molecule has 0 bridgehead atoms. The molecule has 112 valence electrons. The van der Waals surface area contributed by atoms with E-state index in [0.717, 1.165) is 22.3 Å². The van der Waals surface area contributed by atoms with Crippen LogP contribution in [0.3, 0.4) is 0 Å². The van der Waals surface area contributed by atoms with E-state index in [1.165, 1.54) is 5.56 Å². The third-order valence-corrected chi connectivity index (χ3v) is 4.17. The molecular weight excluding hydrogens is 294 g/mol. The van der Waals surface area contributed by atoms with Crippen molar-refractivity contribution in [2.45, 2.75) is 17.8 Å². The Kier molecular flexibility index (Phi) is 4.75. The SMILES string of the molecule is CCOc1ccc(CSc2nncn2-c2ccccc2)cc1. The van der Waals surface area contributed by atoms with Gasteiger partial charge in [0.2, 0.25) is 0 Å².